The lowest BCUT2D eigenvalue weighted by molar-refractivity contribution is -0.135. The van der Waals surface area contributed by atoms with E-state index >= 15 is 0 Å². The number of hydrogen-bond acceptors (Lipinski definition) is 3. The SMILES string of the molecule is Cl.NC(=O)C12CCOCC1CNC2. The van der Waals surface area contributed by atoms with E-state index in [0.717, 1.165) is 19.5 Å². The minimum Gasteiger partial charge on any atom is -0.381 e. The highest BCUT2D eigenvalue weighted by Crippen LogP contribution is 2.37. The number of amides is 1. The summed E-state index contributed by atoms with van der Waals surface area (Å²) in [5.74, 6) is 0.129. The molecular formula is C8H15ClN2O2. The van der Waals surface area contributed by atoms with Gasteiger partial charge in [0, 0.05) is 25.6 Å². The number of nitrogens with one attached hydrogen (secondary N) is 1. The van der Waals surface area contributed by atoms with Gasteiger partial charge in [0.05, 0.1) is 12.0 Å². The molecule has 2 fully saturated rings. The summed E-state index contributed by atoms with van der Waals surface area (Å²) in [5.41, 5.74) is 5.10. The molecule has 13 heavy (non-hydrogen) atoms. The van der Waals surface area contributed by atoms with Crippen LogP contribution in [0.1, 0.15) is 6.42 Å². The molecule has 76 valence electrons. The van der Waals surface area contributed by atoms with Crippen molar-refractivity contribution in [2.24, 2.45) is 17.1 Å². The highest BCUT2D eigenvalue weighted by molar-refractivity contribution is 5.85. The molecule has 0 aromatic rings. The third-order valence-electron chi connectivity index (χ3n) is 3.11. The Kier molecular flexibility index (Phi) is 3.16. The predicted octanol–water partition coefficient (Wildman–Crippen LogP) is -0.480. The zero-order valence-corrected chi connectivity index (χ0v) is 8.23. The average Bonchev–Trinajstić information content (AvgIpc) is 2.48. The van der Waals surface area contributed by atoms with E-state index in [1.54, 1.807) is 0 Å². The van der Waals surface area contributed by atoms with Gasteiger partial charge in [0.25, 0.3) is 0 Å². The van der Waals surface area contributed by atoms with Gasteiger partial charge in [-0.05, 0) is 6.42 Å². The maximum Gasteiger partial charge on any atom is 0.225 e. The first-order valence-electron chi connectivity index (χ1n) is 4.34. The fourth-order valence-corrected chi connectivity index (χ4v) is 2.21. The minimum absolute atomic E-state index is 0. The molecule has 0 aromatic heterocycles. The van der Waals surface area contributed by atoms with E-state index in [1.807, 2.05) is 0 Å². The average molecular weight is 207 g/mol. The van der Waals surface area contributed by atoms with Crippen LogP contribution in [-0.2, 0) is 9.53 Å². The van der Waals surface area contributed by atoms with Crippen LogP contribution in [0.5, 0.6) is 0 Å². The minimum atomic E-state index is -0.307. The predicted molar refractivity (Wildman–Crippen MR) is 50.7 cm³/mol. The van der Waals surface area contributed by atoms with Gasteiger partial charge in [0.2, 0.25) is 5.91 Å². The monoisotopic (exact) mass is 206 g/mol. The van der Waals surface area contributed by atoms with Crippen molar-refractivity contribution in [3.63, 3.8) is 0 Å². The number of hydrogen-bond donors (Lipinski definition) is 2. The summed E-state index contributed by atoms with van der Waals surface area (Å²) < 4.78 is 5.31. The van der Waals surface area contributed by atoms with Crippen LogP contribution in [0, 0.1) is 11.3 Å². The number of primary amides is 1. The topological polar surface area (TPSA) is 64.4 Å². The van der Waals surface area contributed by atoms with Crippen LogP contribution < -0.4 is 11.1 Å². The lowest BCUT2D eigenvalue weighted by atomic mass is 9.74. The Morgan fingerprint density at radius 2 is 2.38 bits per heavy atom. The number of fused-ring (bicyclic) bond motifs is 1. The Bertz CT molecular complexity index is 212. The van der Waals surface area contributed by atoms with Gasteiger partial charge in [-0.1, -0.05) is 0 Å². The van der Waals surface area contributed by atoms with Crippen molar-refractivity contribution >= 4 is 18.3 Å². The number of ether oxygens (including phenoxy) is 1. The number of nitrogens with two attached hydrogens (primary N) is 1. The second-order valence-electron chi connectivity index (χ2n) is 3.67. The number of rotatable bonds is 1. The molecule has 0 saturated carbocycles. The molecule has 2 heterocycles. The number of carbonyl (C=O) groups is 1. The second kappa shape index (κ2) is 3.82. The molecule has 0 radical (unpaired) electrons. The van der Waals surface area contributed by atoms with E-state index in [9.17, 15) is 4.79 Å². The summed E-state index contributed by atoms with van der Waals surface area (Å²) in [6.45, 7) is 2.94. The molecule has 4 nitrogen and oxygen atoms in total. The highest BCUT2D eigenvalue weighted by atomic mass is 35.5. The maximum atomic E-state index is 11.3. The normalized spacial score (nSPS) is 37.7. The first kappa shape index (κ1) is 10.8. The molecule has 1 amide bonds. The van der Waals surface area contributed by atoms with Gasteiger partial charge >= 0.3 is 0 Å². The van der Waals surface area contributed by atoms with E-state index < -0.39 is 0 Å². The van der Waals surface area contributed by atoms with Gasteiger partial charge < -0.3 is 15.8 Å². The van der Waals surface area contributed by atoms with Crippen molar-refractivity contribution in [3.8, 4) is 0 Å². The number of halogens is 1. The van der Waals surface area contributed by atoms with Crippen molar-refractivity contribution < 1.29 is 9.53 Å². The molecule has 2 unspecified atom stereocenters. The van der Waals surface area contributed by atoms with Crippen molar-refractivity contribution in [1.29, 1.82) is 0 Å². The van der Waals surface area contributed by atoms with Crippen molar-refractivity contribution in [3.05, 3.63) is 0 Å². The Morgan fingerprint density at radius 1 is 1.62 bits per heavy atom. The summed E-state index contributed by atoms with van der Waals surface area (Å²) in [6, 6.07) is 0. The van der Waals surface area contributed by atoms with Crippen LogP contribution in [0.4, 0.5) is 0 Å². The third-order valence-corrected chi connectivity index (χ3v) is 3.11. The summed E-state index contributed by atoms with van der Waals surface area (Å²) in [7, 11) is 0. The quantitative estimate of drug-likeness (QED) is 0.609. The van der Waals surface area contributed by atoms with Gasteiger partial charge in [0.1, 0.15) is 0 Å². The zero-order valence-electron chi connectivity index (χ0n) is 7.41. The van der Waals surface area contributed by atoms with Crippen molar-refractivity contribution in [2.45, 2.75) is 6.42 Å². The summed E-state index contributed by atoms with van der Waals surface area (Å²) in [5, 5.41) is 3.21. The molecular weight excluding hydrogens is 192 g/mol. The van der Waals surface area contributed by atoms with Crippen LogP contribution in [0.3, 0.4) is 0 Å². The molecule has 0 bridgehead atoms. The Hall–Kier alpha value is -0.320. The van der Waals surface area contributed by atoms with Gasteiger partial charge in [0.15, 0.2) is 0 Å². The van der Waals surface area contributed by atoms with Crippen LogP contribution in [0.25, 0.3) is 0 Å². The van der Waals surface area contributed by atoms with E-state index in [-0.39, 0.29) is 23.7 Å². The molecule has 2 rings (SSSR count). The second-order valence-corrected chi connectivity index (χ2v) is 3.67. The van der Waals surface area contributed by atoms with E-state index in [4.69, 9.17) is 10.5 Å². The largest absolute Gasteiger partial charge is 0.381 e. The fourth-order valence-electron chi connectivity index (χ4n) is 2.21. The standard InChI is InChI=1S/C8H14N2O2.ClH/c9-7(11)8-1-2-12-4-6(8)3-10-5-8;/h6,10H,1-5H2,(H2,9,11);1H. The molecule has 0 aromatic carbocycles. The zero-order chi connectivity index (χ0) is 8.60. The summed E-state index contributed by atoms with van der Waals surface area (Å²) in [6.07, 6.45) is 0.778. The smallest absolute Gasteiger partial charge is 0.225 e. The van der Waals surface area contributed by atoms with Crippen molar-refractivity contribution in [1.82, 2.24) is 5.32 Å². The summed E-state index contributed by atoms with van der Waals surface area (Å²) in [4.78, 5) is 11.3. The Morgan fingerprint density at radius 3 is 3.00 bits per heavy atom. The van der Waals surface area contributed by atoms with Crippen LogP contribution >= 0.6 is 12.4 Å². The first-order chi connectivity index (χ1) is 5.76. The summed E-state index contributed by atoms with van der Waals surface area (Å²) >= 11 is 0. The lowest BCUT2D eigenvalue weighted by Gasteiger charge is -2.35. The number of carbonyl (C=O) groups excluding carboxylic acids is 1. The molecule has 2 saturated heterocycles. The van der Waals surface area contributed by atoms with Gasteiger partial charge in [-0.3, -0.25) is 4.79 Å². The highest BCUT2D eigenvalue weighted by Gasteiger charge is 2.49. The molecule has 2 aliphatic rings. The molecule has 2 atom stereocenters. The van der Waals surface area contributed by atoms with E-state index in [1.165, 1.54) is 0 Å². The van der Waals surface area contributed by atoms with Gasteiger partial charge in [-0.15, -0.1) is 12.4 Å². The Labute approximate surface area is 83.6 Å². The van der Waals surface area contributed by atoms with Gasteiger partial charge in [-0.25, -0.2) is 0 Å². The van der Waals surface area contributed by atoms with Gasteiger partial charge in [-0.2, -0.15) is 0 Å². The fraction of sp³-hybridized carbons (Fsp3) is 0.875. The van der Waals surface area contributed by atoms with Crippen LogP contribution in [-0.4, -0.2) is 32.2 Å². The maximum absolute atomic E-state index is 11.3. The molecule has 3 N–H and O–H groups in total. The molecule has 0 aliphatic carbocycles. The van der Waals surface area contributed by atoms with Crippen LogP contribution in [0.15, 0.2) is 0 Å². The van der Waals surface area contributed by atoms with Crippen LogP contribution in [0.2, 0.25) is 0 Å². The van der Waals surface area contributed by atoms with E-state index in [0.29, 0.717) is 19.1 Å². The molecule has 5 heteroatoms. The Balaban J connectivity index is 0.000000845. The lowest BCUT2D eigenvalue weighted by Crippen LogP contribution is -2.48. The molecule has 2 aliphatic heterocycles. The first-order valence-corrected chi connectivity index (χ1v) is 4.34. The van der Waals surface area contributed by atoms with E-state index in [2.05, 4.69) is 5.32 Å². The van der Waals surface area contributed by atoms with Crippen molar-refractivity contribution in [2.75, 3.05) is 26.3 Å². The third kappa shape index (κ3) is 1.54. The molecule has 0 spiro atoms.